The lowest BCUT2D eigenvalue weighted by Crippen LogP contribution is -1.99. The monoisotopic (exact) mass is 190 g/mol. The topological polar surface area (TPSA) is 42.7 Å². The van der Waals surface area contributed by atoms with E-state index in [9.17, 15) is 0 Å². The number of hydrogen-bond donors (Lipinski definition) is 1. The second kappa shape index (κ2) is 3.29. The van der Waals surface area contributed by atoms with Crippen LogP contribution < -0.4 is 5.32 Å². The zero-order chi connectivity index (χ0) is 10.1. The Bertz CT molecular complexity index is 458. The summed E-state index contributed by atoms with van der Waals surface area (Å²) < 4.78 is 2.16. The van der Waals surface area contributed by atoms with Crippen LogP contribution in [0, 0.1) is 6.92 Å². The SMILES string of the molecule is CCn1cc(C)c2ncnc(NC)c21. The Morgan fingerprint density at radius 2 is 2.21 bits per heavy atom. The fraction of sp³-hybridized carbons (Fsp3) is 0.400. The molecule has 0 amide bonds. The van der Waals surface area contributed by atoms with E-state index < -0.39 is 0 Å². The molecule has 0 unspecified atom stereocenters. The zero-order valence-electron chi connectivity index (χ0n) is 8.70. The Balaban J connectivity index is 2.82. The van der Waals surface area contributed by atoms with Crippen molar-refractivity contribution in [1.29, 1.82) is 0 Å². The van der Waals surface area contributed by atoms with E-state index in [-0.39, 0.29) is 0 Å². The summed E-state index contributed by atoms with van der Waals surface area (Å²) in [4.78, 5) is 8.49. The molecule has 0 fully saturated rings. The van der Waals surface area contributed by atoms with E-state index in [1.807, 2.05) is 7.05 Å². The Labute approximate surface area is 83.0 Å². The highest BCUT2D eigenvalue weighted by Crippen LogP contribution is 2.23. The summed E-state index contributed by atoms with van der Waals surface area (Å²) >= 11 is 0. The molecule has 14 heavy (non-hydrogen) atoms. The van der Waals surface area contributed by atoms with Crippen molar-refractivity contribution in [3.63, 3.8) is 0 Å². The molecule has 2 heterocycles. The van der Waals surface area contributed by atoms with Gasteiger partial charge in [-0.05, 0) is 19.4 Å². The Morgan fingerprint density at radius 3 is 2.86 bits per heavy atom. The minimum atomic E-state index is 0.893. The molecule has 0 bridgehead atoms. The Kier molecular flexibility index (Phi) is 2.11. The summed E-state index contributed by atoms with van der Waals surface area (Å²) in [5.41, 5.74) is 3.32. The number of aryl methyl sites for hydroxylation is 2. The highest BCUT2D eigenvalue weighted by Gasteiger charge is 2.09. The van der Waals surface area contributed by atoms with Crippen LogP contribution in [0.2, 0.25) is 0 Å². The fourth-order valence-electron chi connectivity index (χ4n) is 1.73. The number of anilines is 1. The predicted octanol–water partition coefficient (Wildman–Crippen LogP) is 1.80. The van der Waals surface area contributed by atoms with Crippen molar-refractivity contribution < 1.29 is 0 Å². The summed E-state index contributed by atoms with van der Waals surface area (Å²) in [6.07, 6.45) is 3.71. The minimum Gasteiger partial charge on any atom is -0.371 e. The molecule has 0 aromatic carbocycles. The van der Waals surface area contributed by atoms with Crippen molar-refractivity contribution in [2.45, 2.75) is 20.4 Å². The van der Waals surface area contributed by atoms with Gasteiger partial charge in [0.2, 0.25) is 0 Å². The maximum atomic E-state index is 4.29. The van der Waals surface area contributed by atoms with E-state index >= 15 is 0 Å². The van der Waals surface area contributed by atoms with Crippen molar-refractivity contribution in [2.24, 2.45) is 0 Å². The zero-order valence-corrected chi connectivity index (χ0v) is 8.70. The van der Waals surface area contributed by atoms with Crippen LogP contribution in [-0.4, -0.2) is 21.6 Å². The average molecular weight is 190 g/mol. The van der Waals surface area contributed by atoms with Crippen LogP contribution in [0.5, 0.6) is 0 Å². The van der Waals surface area contributed by atoms with Crippen LogP contribution >= 0.6 is 0 Å². The lowest BCUT2D eigenvalue weighted by Gasteiger charge is -2.04. The summed E-state index contributed by atoms with van der Waals surface area (Å²) in [5.74, 6) is 0.893. The molecular weight excluding hydrogens is 176 g/mol. The van der Waals surface area contributed by atoms with E-state index in [4.69, 9.17) is 0 Å². The van der Waals surface area contributed by atoms with Gasteiger partial charge in [-0.25, -0.2) is 9.97 Å². The first-order valence-corrected chi connectivity index (χ1v) is 4.76. The third kappa shape index (κ3) is 1.14. The summed E-state index contributed by atoms with van der Waals surface area (Å²) in [6, 6.07) is 0. The van der Waals surface area contributed by atoms with Crippen molar-refractivity contribution in [1.82, 2.24) is 14.5 Å². The van der Waals surface area contributed by atoms with Crippen LogP contribution in [0.3, 0.4) is 0 Å². The quantitative estimate of drug-likeness (QED) is 0.785. The Hall–Kier alpha value is -1.58. The molecule has 0 aliphatic heterocycles. The molecule has 0 radical (unpaired) electrons. The van der Waals surface area contributed by atoms with Gasteiger partial charge in [-0.1, -0.05) is 0 Å². The molecule has 0 saturated carbocycles. The predicted molar refractivity (Wildman–Crippen MR) is 57.5 cm³/mol. The molecule has 0 atom stereocenters. The first kappa shape index (κ1) is 8.99. The molecule has 4 heteroatoms. The van der Waals surface area contributed by atoms with Gasteiger partial charge < -0.3 is 9.88 Å². The number of nitrogens with one attached hydrogen (secondary N) is 1. The van der Waals surface area contributed by atoms with Crippen molar-refractivity contribution in [3.05, 3.63) is 18.1 Å². The smallest absolute Gasteiger partial charge is 0.153 e. The van der Waals surface area contributed by atoms with Crippen LogP contribution in [0.15, 0.2) is 12.5 Å². The minimum absolute atomic E-state index is 0.893. The van der Waals surface area contributed by atoms with Crippen LogP contribution in [0.25, 0.3) is 11.0 Å². The van der Waals surface area contributed by atoms with E-state index in [1.165, 1.54) is 5.56 Å². The number of hydrogen-bond acceptors (Lipinski definition) is 3. The summed E-state index contributed by atoms with van der Waals surface area (Å²) in [6.45, 7) is 5.12. The number of fused-ring (bicyclic) bond motifs is 1. The van der Waals surface area contributed by atoms with Gasteiger partial charge in [-0.3, -0.25) is 0 Å². The summed E-state index contributed by atoms with van der Waals surface area (Å²) in [5, 5.41) is 3.09. The van der Waals surface area contributed by atoms with Crippen molar-refractivity contribution in [3.8, 4) is 0 Å². The third-order valence-electron chi connectivity index (χ3n) is 2.41. The van der Waals surface area contributed by atoms with Crippen LogP contribution in [-0.2, 0) is 6.54 Å². The highest BCUT2D eigenvalue weighted by molar-refractivity contribution is 5.88. The van der Waals surface area contributed by atoms with E-state index in [0.717, 1.165) is 23.4 Å². The second-order valence-electron chi connectivity index (χ2n) is 3.27. The molecule has 0 aliphatic rings. The maximum Gasteiger partial charge on any atom is 0.153 e. The van der Waals surface area contributed by atoms with Gasteiger partial charge in [-0.2, -0.15) is 0 Å². The van der Waals surface area contributed by atoms with E-state index in [2.05, 4.69) is 39.9 Å². The normalized spacial score (nSPS) is 10.8. The average Bonchev–Trinajstić information content (AvgIpc) is 2.56. The lowest BCUT2D eigenvalue weighted by molar-refractivity contribution is 0.794. The van der Waals surface area contributed by atoms with E-state index in [0.29, 0.717) is 0 Å². The second-order valence-corrected chi connectivity index (χ2v) is 3.27. The molecule has 0 spiro atoms. The lowest BCUT2D eigenvalue weighted by atomic mass is 10.3. The van der Waals surface area contributed by atoms with Crippen LogP contribution in [0.1, 0.15) is 12.5 Å². The van der Waals surface area contributed by atoms with Gasteiger partial charge in [0.1, 0.15) is 11.8 Å². The standard InChI is InChI=1S/C10H14N4/c1-4-14-5-7(2)8-9(14)10(11-3)13-6-12-8/h5-6H,4H2,1-3H3,(H,11,12,13). The Morgan fingerprint density at radius 1 is 1.43 bits per heavy atom. The number of aromatic nitrogens is 3. The first-order chi connectivity index (χ1) is 6.77. The molecule has 2 aromatic heterocycles. The largest absolute Gasteiger partial charge is 0.371 e. The molecule has 74 valence electrons. The number of nitrogens with zero attached hydrogens (tertiary/aromatic N) is 3. The van der Waals surface area contributed by atoms with Gasteiger partial charge in [-0.15, -0.1) is 0 Å². The first-order valence-electron chi connectivity index (χ1n) is 4.76. The van der Waals surface area contributed by atoms with Crippen molar-refractivity contribution >= 4 is 16.9 Å². The van der Waals surface area contributed by atoms with Crippen LogP contribution in [0.4, 0.5) is 5.82 Å². The molecular formula is C10H14N4. The van der Waals surface area contributed by atoms with Gasteiger partial charge >= 0.3 is 0 Å². The number of rotatable bonds is 2. The fourth-order valence-corrected chi connectivity index (χ4v) is 1.73. The molecule has 2 rings (SSSR count). The van der Waals surface area contributed by atoms with E-state index in [1.54, 1.807) is 6.33 Å². The molecule has 0 saturated heterocycles. The van der Waals surface area contributed by atoms with Crippen molar-refractivity contribution in [2.75, 3.05) is 12.4 Å². The molecule has 0 aliphatic carbocycles. The van der Waals surface area contributed by atoms with Gasteiger partial charge in [0.15, 0.2) is 5.82 Å². The van der Waals surface area contributed by atoms with Gasteiger partial charge in [0.25, 0.3) is 0 Å². The molecule has 1 N–H and O–H groups in total. The maximum absolute atomic E-state index is 4.29. The summed E-state index contributed by atoms with van der Waals surface area (Å²) in [7, 11) is 1.88. The molecule has 4 nitrogen and oxygen atoms in total. The van der Waals surface area contributed by atoms with Gasteiger partial charge in [0, 0.05) is 19.8 Å². The molecule has 2 aromatic rings. The highest BCUT2D eigenvalue weighted by atomic mass is 15.1. The third-order valence-corrected chi connectivity index (χ3v) is 2.41. The van der Waals surface area contributed by atoms with Gasteiger partial charge in [0.05, 0.1) is 5.52 Å².